The third kappa shape index (κ3) is 1.01. The summed E-state index contributed by atoms with van der Waals surface area (Å²) >= 11 is 0. The molecular weight excluding hydrogens is 129 g/mol. The summed E-state index contributed by atoms with van der Waals surface area (Å²) in [4.78, 5) is 3.57. The Kier molecular flexibility index (Phi) is 1.70. The van der Waals surface area contributed by atoms with E-state index in [1.165, 1.54) is 0 Å². The molecule has 54 valence electrons. The van der Waals surface area contributed by atoms with Crippen molar-refractivity contribution in [1.29, 1.82) is 0 Å². The standard InChI is InChI=1S/C8H10FN/c1-5-4-10-8(9)7(3)6(5)2/h4H,1-3H3. The molecule has 1 aromatic rings. The lowest BCUT2D eigenvalue weighted by atomic mass is 10.1. The molecule has 1 aromatic heterocycles. The number of nitrogens with zero attached hydrogens (tertiary/aromatic N) is 1. The molecule has 0 saturated heterocycles. The molecular formula is C8H10FN. The summed E-state index contributed by atoms with van der Waals surface area (Å²) < 4.78 is 12.6. The van der Waals surface area contributed by atoms with E-state index in [1.807, 2.05) is 13.8 Å². The van der Waals surface area contributed by atoms with E-state index in [2.05, 4.69) is 4.98 Å². The zero-order valence-corrected chi connectivity index (χ0v) is 6.40. The van der Waals surface area contributed by atoms with Crippen LogP contribution in [-0.4, -0.2) is 4.98 Å². The third-order valence-corrected chi connectivity index (χ3v) is 1.83. The Bertz CT molecular complexity index is 229. The molecule has 0 aliphatic heterocycles. The molecule has 0 N–H and O–H groups in total. The summed E-state index contributed by atoms with van der Waals surface area (Å²) in [5.74, 6) is -0.358. The van der Waals surface area contributed by atoms with Gasteiger partial charge in [-0.3, -0.25) is 0 Å². The molecule has 0 amide bonds. The predicted octanol–water partition coefficient (Wildman–Crippen LogP) is 2.15. The minimum atomic E-state index is -0.358. The van der Waals surface area contributed by atoms with E-state index in [4.69, 9.17) is 0 Å². The van der Waals surface area contributed by atoms with Crippen LogP contribution >= 0.6 is 0 Å². The molecule has 1 rings (SSSR count). The van der Waals surface area contributed by atoms with Gasteiger partial charge in [0.1, 0.15) is 0 Å². The van der Waals surface area contributed by atoms with Gasteiger partial charge in [-0.05, 0) is 31.9 Å². The van der Waals surface area contributed by atoms with Gasteiger partial charge in [0.2, 0.25) is 5.95 Å². The quantitative estimate of drug-likeness (QED) is 0.502. The molecule has 2 heteroatoms. The first-order chi connectivity index (χ1) is 4.63. The first-order valence-corrected chi connectivity index (χ1v) is 3.21. The van der Waals surface area contributed by atoms with Crippen molar-refractivity contribution in [1.82, 2.24) is 4.98 Å². The monoisotopic (exact) mass is 139 g/mol. The number of pyridine rings is 1. The molecule has 0 aromatic carbocycles. The van der Waals surface area contributed by atoms with Crippen LogP contribution in [0.1, 0.15) is 16.7 Å². The van der Waals surface area contributed by atoms with Gasteiger partial charge in [-0.1, -0.05) is 0 Å². The number of aromatic nitrogens is 1. The van der Waals surface area contributed by atoms with Crippen LogP contribution in [0.15, 0.2) is 6.20 Å². The number of aryl methyl sites for hydroxylation is 1. The van der Waals surface area contributed by atoms with Crippen molar-refractivity contribution in [3.63, 3.8) is 0 Å². The maximum absolute atomic E-state index is 12.6. The van der Waals surface area contributed by atoms with Crippen molar-refractivity contribution in [2.75, 3.05) is 0 Å². The summed E-state index contributed by atoms with van der Waals surface area (Å²) in [6.07, 6.45) is 1.55. The Morgan fingerprint density at radius 2 is 1.80 bits per heavy atom. The smallest absolute Gasteiger partial charge is 0.216 e. The molecule has 0 bridgehead atoms. The lowest BCUT2D eigenvalue weighted by Crippen LogP contribution is -1.93. The molecule has 0 saturated carbocycles. The number of hydrogen-bond acceptors (Lipinski definition) is 1. The molecule has 0 radical (unpaired) electrons. The van der Waals surface area contributed by atoms with Crippen LogP contribution in [0.4, 0.5) is 4.39 Å². The highest BCUT2D eigenvalue weighted by Crippen LogP contribution is 2.12. The second-order valence-corrected chi connectivity index (χ2v) is 2.48. The first kappa shape index (κ1) is 7.19. The van der Waals surface area contributed by atoms with Crippen molar-refractivity contribution in [2.24, 2.45) is 0 Å². The Labute approximate surface area is 59.9 Å². The fraction of sp³-hybridized carbons (Fsp3) is 0.375. The van der Waals surface area contributed by atoms with Gasteiger partial charge in [0.25, 0.3) is 0 Å². The van der Waals surface area contributed by atoms with E-state index in [9.17, 15) is 4.39 Å². The molecule has 0 unspecified atom stereocenters. The zero-order valence-electron chi connectivity index (χ0n) is 6.40. The third-order valence-electron chi connectivity index (χ3n) is 1.83. The Balaban J connectivity index is 3.34. The van der Waals surface area contributed by atoms with E-state index >= 15 is 0 Å². The first-order valence-electron chi connectivity index (χ1n) is 3.21. The second-order valence-electron chi connectivity index (χ2n) is 2.48. The van der Waals surface area contributed by atoms with Crippen LogP contribution < -0.4 is 0 Å². The molecule has 1 heterocycles. The van der Waals surface area contributed by atoms with Gasteiger partial charge in [0, 0.05) is 11.8 Å². The lowest BCUT2D eigenvalue weighted by Gasteiger charge is -2.02. The fourth-order valence-corrected chi connectivity index (χ4v) is 0.798. The molecule has 0 atom stereocenters. The van der Waals surface area contributed by atoms with Crippen LogP contribution in [0, 0.1) is 26.7 Å². The highest BCUT2D eigenvalue weighted by atomic mass is 19.1. The summed E-state index contributed by atoms with van der Waals surface area (Å²) in [5.41, 5.74) is 2.69. The number of hydrogen-bond donors (Lipinski definition) is 0. The van der Waals surface area contributed by atoms with Crippen molar-refractivity contribution < 1.29 is 4.39 Å². The molecule has 1 nitrogen and oxygen atoms in total. The van der Waals surface area contributed by atoms with Crippen molar-refractivity contribution in [2.45, 2.75) is 20.8 Å². The Morgan fingerprint density at radius 1 is 1.20 bits per heavy atom. The molecule has 0 aliphatic carbocycles. The normalized spacial score (nSPS) is 10.0. The second kappa shape index (κ2) is 2.37. The summed E-state index contributed by atoms with van der Waals surface area (Å²) in [6.45, 7) is 5.56. The van der Waals surface area contributed by atoms with E-state index in [0.29, 0.717) is 5.56 Å². The highest BCUT2D eigenvalue weighted by Gasteiger charge is 2.02. The van der Waals surface area contributed by atoms with Crippen LogP contribution in [0.3, 0.4) is 0 Å². The molecule has 10 heavy (non-hydrogen) atoms. The Morgan fingerprint density at radius 3 is 2.30 bits per heavy atom. The van der Waals surface area contributed by atoms with Gasteiger partial charge in [0.05, 0.1) is 0 Å². The van der Waals surface area contributed by atoms with Gasteiger partial charge in [0.15, 0.2) is 0 Å². The van der Waals surface area contributed by atoms with E-state index < -0.39 is 0 Å². The largest absolute Gasteiger partial charge is 0.228 e. The number of halogens is 1. The summed E-state index contributed by atoms with van der Waals surface area (Å²) in [7, 11) is 0. The number of rotatable bonds is 0. The SMILES string of the molecule is Cc1cnc(F)c(C)c1C. The average Bonchev–Trinajstić information content (AvgIpc) is 1.93. The van der Waals surface area contributed by atoms with Gasteiger partial charge in [-0.25, -0.2) is 4.98 Å². The molecule has 0 fully saturated rings. The van der Waals surface area contributed by atoms with Gasteiger partial charge in [-0.15, -0.1) is 0 Å². The van der Waals surface area contributed by atoms with Gasteiger partial charge < -0.3 is 0 Å². The average molecular weight is 139 g/mol. The van der Waals surface area contributed by atoms with Crippen molar-refractivity contribution in [3.05, 3.63) is 28.8 Å². The molecule has 0 spiro atoms. The van der Waals surface area contributed by atoms with Crippen LogP contribution in [-0.2, 0) is 0 Å². The minimum Gasteiger partial charge on any atom is -0.228 e. The van der Waals surface area contributed by atoms with Crippen LogP contribution in [0.5, 0.6) is 0 Å². The van der Waals surface area contributed by atoms with Gasteiger partial charge in [-0.2, -0.15) is 4.39 Å². The summed E-state index contributed by atoms with van der Waals surface area (Å²) in [5, 5.41) is 0. The highest BCUT2D eigenvalue weighted by molar-refractivity contribution is 5.28. The predicted molar refractivity (Wildman–Crippen MR) is 38.4 cm³/mol. The van der Waals surface area contributed by atoms with E-state index in [1.54, 1.807) is 13.1 Å². The van der Waals surface area contributed by atoms with Gasteiger partial charge >= 0.3 is 0 Å². The fourth-order valence-electron chi connectivity index (χ4n) is 0.798. The zero-order chi connectivity index (χ0) is 7.72. The van der Waals surface area contributed by atoms with Crippen molar-refractivity contribution >= 4 is 0 Å². The van der Waals surface area contributed by atoms with Crippen LogP contribution in [0.25, 0.3) is 0 Å². The Hall–Kier alpha value is -0.920. The minimum absolute atomic E-state index is 0.358. The molecule has 0 aliphatic rings. The summed E-state index contributed by atoms with van der Waals surface area (Å²) in [6, 6.07) is 0. The maximum Gasteiger partial charge on any atom is 0.216 e. The lowest BCUT2D eigenvalue weighted by molar-refractivity contribution is 0.571. The maximum atomic E-state index is 12.6. The van der Waals surface area contributed by atoms with Crippen molar-refractivity contribution in [3.8, 4) is 0 Å². The van der Waals surface area contributed by atoms with E-state index in [0.717, 1.165) is 11.1 Å². The van der Waals surface area contributed by atoms with Crippen LogP contribution in [0.2, 0.25) is 0 Å². The topological polar surface area (TPSA) is 12.9 Å². The van der Waals surface area contributed by atoms with E-state index in [-0.39, 0.29) is 5.95 Å².